The highest BCUT2D eigenvalue weighted by Crippen LogP contribution is 2.37. The summed E-state index contributed by atoms with van der Waals surface area (Å²) in [6, 6.07) is 5.41. The predicted molar refractivity (Wildman–Crippen MR) is 130 cm³/mol. The molecule has 2 N–H and O–H groups in total. The molecule has 198 valence electrons. The van der Waals surface area contributed by atoms with Gasteiger partial charge in [-0.25, -0.2) is 0 Å². The molecule has 1 aromatic heterocycles. The molecule has 1 aromatic carbocycles. The van der Waals surface area contributed by atoms with Crippen LogP contribution >= 0.6 is 11.6 Å². The van der Waals surface area contributed by atoms with Gasteiger partial charge in [0.2, 0.25) is 11.8 Å². The van der Waals surface area contributed by atoms with Crippen molar-refractivity contribution < 1.29 is 27.6 Å². The first-order valence-electron chi connectivity index (χ1n) is 12.3. The fourth-order valence-electron chi connectivity index (χ4n) is 5.54. The molecule has 0 saturated carbocycles. The first-order chi connectivity index (χ1) is 17.5. The van der Waals surface area contributed by atoms with E-state index in [4.69, 9.17) is 17.3 Å². The summed E-state index contributed by atoms with van der Waals surface area (Å²) in [5.74, 6) is -2.56. The Morgan fingerprint density at radius 2 is 1.92 bits per heavy atom. The average molecular weight is 537 g/mol. The van der Waals surface area contributed by atoms with Crippen molar-refractivity contribution in [3.63, 3.8) is 0 Å². The van der Waals surface area contributed by atoms with Gasteiger partial charge in [-0.05, 0) is 61.1 Å². The SMILES string of the molecule is CCC[C@@H]1[C@H](C(=O)N2CCc3cc(Cl)ccc3C2C(N)=O)CCCN1C(=O)c1ncccc1C(F)(F)F. The number of fused-ring (bicyclic) bond motifs is 1. The highest BCUT2D eigenvalue weighted by Gasteiger charge is 2.45. The number of alkyl halides is 3. The molecule has 3 amide bonds. The minimum Gasteiger partial charge on any atom is -0.368 e. The zero-order valence-electron chi connectivity index (χ0n) is 20.3. The number of halogens is 4. The minimum absolute atomic E-state index is 0.210. The number of hydrogen-bond acceptors (Lipinski definition) is 4. The van der Waals surface area contributed by atoms with Crippen LogP contribution in [0, 0.1) is 5.92 Å². The van der Waals surface area contributed by atoms with E-state index in [2.05, 4.69) is 4.98 Å². The van der Waals surface area contributed by atoms with E-state index in [9.17, 15) is 27.6 Å². The van der Waals surface area contributed by atoms with Crippen molar-refractivity contribution in [3.05, 3.63) is 63.9 Å². The van der Waals surface area contributed by atoms with E-state index in [-0.39, 0.29) is 19.0 Å². The van der Waals surface area contributed by atoms with Crippen LogP contribution in [0.1, 0.15) is 65.8 Å². The predicted octanol–water partition coefficient (Wildman–Crippen LogP) is 4.39. The first-order valence-corrected chi connectivity index (χ1v) is 12.6. The molecule has 4 rings (SSSR count). The van der Waals surface area contributed by atoms with Crippen molar-refractivity contribution in [3.8, 4) is 0 Å². The highest BCUT2D eigenvalue weighted by atomic mass is 35.5. The van der Waals surface area contributed by atoms with Crippen LogP contribution < -0.4 is 5.73 Å². The maximum atomic E-state index is 13.9. The van der Waals surface area contributed by atoms with E-state index >= 15 is 0 Å². The molecule has 7 nitrogen and oxygen atoms in total. The Kier molecular flexibility index (Phi) is 7.77. The van der Waals surface area contributed by atoms with Crippen LogP contribution in [0.5, 0.6) is 0 Å². The number of amides is 3. The summed E-state index contributed by atoms with van der Waals surface area (Å²) < 4.78 is 40.8. The van der Waals surface area contributed by atoms with Crippen molar-refractivity contribution >= 4 is 29.3 Å². The molecule has 2 aromatic rings. The number of nitrogens with zero attached hydrogens (tertiary/aromatic N) is 3. The summed E-state index contributed by atoms with van der Waals surface area (Å²) in [6.07, 6.45) is -1.23. The lowest BCUT2D eigenvalue weighted by Gasteiger charge is -2.44. The molecule has 37 heavy (non-hydrogen) atoms. The van der Waals surface area contributed by atoms with Crippen LogP contribution in [-0.4, -0.2) is 51.6 Å². The third-order valence-electron chi connectivity index (χ3n) is 7.14. The normalized spacial score (nSPS) is 21.9. The largest absolute Gasteiger partial charge is 0.418 e. The van der Waals surface area contributed by atoms with Crippen molar-refractivity contribution in [1.29, 1.82) is 0 Å². The molecule has 0 aliphatic carbocycles. The fraction of sp³-hybridized carbons (Fsp3) is 0.462. The monoisotopic (exact) mass is 536 g/mol. The zero-order chi connectivity index (χ0) is 26.9. The van der Waals surface area contributed by atoms with Gasteiger partial charge in [0.25, 0.3) is 5.91 Å². The van der Waals surface area contributed by atoms with Crippen molar-refractivity contribution in [2.75, 3.05) is 13.1 Å². The number of carbonyl (C=O) groups excluding carboxylic acids is 3. The van der Waals surface area contributed by atoms with Crippen molar-refractivity contribution in [2.24, 2.45) is 11.7 Å². The Balaban J connectivity index is 1.66. The maximum Gasteiger partial charge on any atom is 0.418 e. The summed E-state index contributed by atoms with van der Waals surface area (Å²) in [5.41, 5.74) is 5.39. The molecule has 11 heteroatoms. The summed E-state index contributed by atoms with van der Waals surface area (Å²) in [5, 5.41) is 0.513. The van der Waals surface area contributed by atoms with Gasteiger partial charge >= 0.3 is 6.18 Å². The van der Waals surface area contributed by atoms with Crippen molar-refractivity contribution in [1.82, 2.24) is 14.8 Å². The Morgan fingerprint density at radius 3 is 2.59 bits per heavy atom. The Labute approximate surface area is 217 Å². The van der Waals surface area contributed by atoms with E-state index in [1.165, 1.54) is 9.80 Å². The third-order valence-corrected chi connectivity index (χ3v) is 7.38. The molecule has 1 saturated heterocycles. The lowest BCUT2D eigenvalue weighted by atomic mass is 9.83. The van der Waals surface area contributed by atoms with Crippen LogP contribution in [0.3, 0.4) is 0 Å². The second-order valence-electron chi connectivity index (χ2n) is 9.43. The molecule has 0 bridgehead atoms. The molecule has 1 unspecified atom stereocenters. The number of primary amides is 1. The molecule has 2 aliphatic rings. The first kappa shape index (κ1) is 26.9. The quantitative estimate of drug-likeness (QED) is 0.613. The van der Waals surface area contributed by atoms with Crippen LogP contribution in [0.15, 0.2) is 36.5 Å². The van der Waals surface area contributed by atoms with E-state index in [0.29, 0.717) is 42.7 Å². The number of benzene rings is 1. The zero-order valence-corrected chi connectivity index (χ0v) is 21.1. The average Bonchev–Trinajstić information content (AvgIpc) is 2.86. The summed E-state index contributed by atoms with van der Waals surface area (Å²) in [4.78, 5) is 46.4. The summed E-state index contributed by atoms with van der Waals surface area (Å²) in [7, 11) is 0. The van der Waals surface area contributed by atoms with Gasteiger partial charge in [0.1, 0.15) is 11.7 Å². The van der Waals surface area contributed by atoms with Gasteiger partial charge in [0.05, 0.1) is 11.5 Å². The van der Waals surface area contributed by atoms with E-state index in [1.807, 2.05) is 6.92 Å². The minimum atomic E-state index is -4.75. The van der Waals surface area contributed by atoms with E-state index in [0.717, 1.165) is 23.9 Å². The second kappa shape index (κ2) is 10.7. The molecule has 3 atom stereocenters. The van der Waals surface area contributed by atoms with Crippen molar-refractivity contribution in [2.45, 2.75) is 57.3 Å². The standard InChI is InChI=1S/C26H28ClF3N4O3/c1-2-5-20-18(6-4-12-33(20)25(37)21-19(26(28,29)30)7-3-11-32-21)24(36)34-13-10-15-14-16(27)8-9-17(15)22(34)23(31)35/h3,7-9,11,14,18,20,22H,2,4-6,10,12-13H2,1H3,(H2,31,35)/t18-,20-,22?/m1/s1. The van der Waals surface area contributed by atoms with Gasteiger partial charge in [-0.15, -0.1) is 0 Å². The number of piperidine rings is 1. The molecule has 0 spiro atoms. The van der Waals surface area contributed by atoms with Crippen LogP contribution in [-0.2, 0) is 22.2 Å². The molecule has 1 fully saturated rings. The number of nitrogens with two attached hydrogens (primary N) is 1. The third kappa shape index (κ3) is 5.30. The number of pyridine rings is 1. The van der Waals surface area contributed by atoms with E-state index in [1.54, 1.807) is 18.2 Å². The van der Waals surface area contributed by atoms with Crippen LogP contribution in [0.25, 0.3) is 0 Å². The topological polar surface area (TPSA) is 96.6 Å². The van der Waals surface area contributed by atoms with E-state index < -0.39 is 47.2 Å². The van der Waals surface area contributed by atoms with Gasteiger partial charge in [-0.1, -0.05) is 31.0 Å². The molecular weight excluding hydrogens is 509 g/mol. The second-order valence-corrected chi connectivity index (χ2v) is 9.87. The number of aromatic nitrogens is 1. The fourth-order valence-corrected chi connectivity index (χ4v) is 5.74. The lowest BCUT2D eigenvalue weighted by molar-refractivity contribution is -0.146. The number of rotatable bonds is 5. The molecule has 2 aliphatic heterocycles. The summed E-state index contributed by atoms with van der Waals surface area (Å²) >= 11 is 6.10. The van der Waals surface area contributed by atoms with Gasteiger partial charge in [-0.3, -0.25) is 19.4 Å². The number of carbonyl (C=O) groups is 3. The Morgan fingerprint density at radius 1 is 1.16 bits per heavy atom. The Hall–Kier alpha value is -3.14. The van der Waals surface area contributed by atoms with Crippen LogP contribution in [0.2, 0.25) is 5.02 Å². The van der Waals surface area contributed by atoms with Crippen LogP contribution in [0.4, 0.5) is 13.2 Å². The van der Waals surface area contributed by atoms with Gasteiger partial charge in [-0.2, -0.15) is 13.2 Å². The smallest absolute Gasteiger partial charge is 0.368 e. The number of hydrogen-bond donors (Lipinski definition) is 1. The number of likely N-dealkylation sites (tertiary alicyclic amines) is 1. The lowest BCUT2D eigenvalue weighted by Crippen LogP contribution is -2.56. The van der Waals surface area contributed by atoms with Gasteiger partial charge in [0, 0.05) is 30.4 Å². The Bertz CT molecular complexity index is 1210. The molecule has 3 heterocycles. The van der Waals surface area contributed by atoms with Gasteiger partial charge < -0.3 is 15.5 Å². The van der Waals surface area contributed by atoms with Gasteiger partial charge in [0.15, 0.2) is 0 Å². The summed E-state index contributed by atoms with van der Waals surface area (Å²) in [6.45, 7) is 2.33. The maximum absolute atomic E-state index is 13.9. The highest BCUT2D eigenvalue weighted by molar-refractivity contribution is 6.30. The molecule has 0 radical (unpaired) electrons. The molecular formula is C26H28ClF3N4O3.